The van der Waals surface area contributed by atoms with Gasteiger partial charge in [-0.15, -0.1) is 0 Å². The zero-order valence-corrected chi connectivity index (χ0v) is 18.3. The Morgan fingerprint density at radius 1 is 1.16 bits per heavy atom. The molecule has 3 heterocycles. The van der Waals surface area contributed by atoms with E-state index in [2.05, 4.69) is 15.3 Å². The number of nitrogens with one attached hydrogen (secondary N) is 1. The summed E-state index contributed by atoms with van der Waals surface area (Å²) in [6, 6.07) is 12.4. The van der Waals surface area contributed by atoms with E-state index in [4.69, 9.17) is 9.72 Å². The number of ether oxygens (including phenoxy) is 1. The Labute approximate surface area is 182 Å². The predicted molar refractivity (Wildman–Crippen MR) is 119 cm³/mol. The molecule has 1 aromatic carbocycles. The highest BCUT2D eigenvalue weighted by Gasteiger charge is 2.33. The molecule has 0 spiro atoms. The average molecular weight is 440 g/mol. The van der Waals surface area contributed by atoms with Crippen LogP contribution >= 0.6 is 0 Å². The number of methoxy groups -OCH3 is 1. The summed E-state index contributed by atoms with van der Waals surface area (Å²) >= 11 is 0. The first-order valence-electron chi connectivity index (χ1n) is 10.1. The third kappa shape index (κ3) is 4.38. The summed E-state index contributed by atoms with van der Waals surface area (Å²) in [4.78, 5) is 13.6. The minimum Gasteiger partial charge on any atom is -0.495 e. The zero-order valence-electron chi connectivity index (χ0n) is 17.5. The van der Waals surface area contributed by atoms with Gasteiger partial charge in [-0.1, -0.05) is 12.1 Å². The second kappa shape index (κ2) is 8.99. The van der Waals surface area contributed by atoms with Gasteiger partial charge in [0.2, 0.25) is 10.0 Å². The molecular weight excluding hydrogens is 414 g/mol. The summed E-state index contributed by atoms with van der Waals surface area (Å²) in [6.07, 6.45) is 5.02. The summed E-state index contributed by atoms with van der Waals surface area (Å²) in [5.74, 6) is 1.57. The molecule has 1 fully saturated rings. The third-order valence-corrected chi connectivity index (χ3v) is 7.32. The van der Waals surface area contributed by atoms with Crippen LogP contribution in [0.1, 0.15) is 24.5 Å². The van der Waals surface area contributed by atoms with Gasteiger partial charge in [-0.05, 0) is 37.1 Å². The molecule has 1 aliphatic heterocycles. The van der Waals surface area contributed by atoms with Gasteiger partial charge in [-0.3, -0.25) is 4.98 Å². The standard InChI is InChI=1S/C22H25N5O3S/c1-23-21-13-18(25-22(26-21)16-7-5-11-24-14-16)17-8-6-12-27(15-17)31(28,29)20-10-4-3-9-19(20)30-2/h3-5,7,9-11,13-14,17H,6,8,12,15H2,1-2H3,(H,23,25,26)/t17-/m0/s1. The summed E-state index contributed by atoms with van der Waals surface area (Å²) in [7, 11) is -0.401. The highest BCUT2D eigenvalue weighted by atomic mass is 32.2. The summed E-state index contributed by atoms with van der Waals surface area (Å²) in [5.41, 5.74) is 1.63. The van der Waals surface area contributed by atoms with Gasteiger partial charge in [0.25, 0.3) is 0 Å². The molecule has 8 nitrogen and oxygen atoms in total. The van der Waals surface area contributed by atoms with Crippen LogP contribution < -0.4 is 10.1 Å². The molecule has 0 amide bonds. The molecule has 0 radical (unpaired) electrons. The van der Waals surface area contributed by atoms with Crippen LogP contribution in [0.4, 0.5) is 5.82 Å². The van der Waals surface area contributed by atoms with Gasteiger partial charge in [-0.2, -0.15) is 4.31 Å². The van der Waals surface area contributed by atoms with E-state index in [0.717, 1.165) is 24.1 Å². The van der Waals surface area contributed by atoms with E-state index >= 15 is 0 Å². The topological polar surface area (TPSA) is 97.3 Å². The Kier molecular flexibility index (Phi) is 6.15. The highest BCUT2D eigenvalue weighted by Crippen LogP contribution is 2.33. The largest absolute Gasteiger partial charge is 0.495 e. The number of sulfonamides is 1. The monoisotopic (exact) mass is 439 g/mol. The van der Waals surface area contributed by atoms with E-state index in [1.807, 2.05) is 18.2 Å². The molecule has 162 valence electrons. The minimum absolute atomic E-state index is 0.0382. The number of hydrogen-bond acceptors (Lipinski definition) is 7. The Bertz CT molecular complexity index is 1150. The van der Waals surface area contributed by atoms with Crippen molar-refractivity contribution < 1.29 is 13.2 Å². The molecule has 1 aliphatic rings. The average Bonchev–Trinajstić information content (AvgIpc) is 2.84. The van der Waals surface area contributed by atoms with Gasteiger partial charge in [0.15, 0.2) is 5.82 Å². The Morgan fingerprint density at radius 2 is 2.00 bits per heavy atom. The van der Waals surface area contributed by atoms with Gasteiger partial charge < -0.3 is 10.1 Å². The number of para-hydroxylation sites is 1. The molecule has 0 aliphatic carbocycles. The Balaban J connectivity index is 1.66. The first-order chi connectivity index (χ1) is 15.0. The van der Waals surface area contributed by atoms with E-state index in [1.54, 1.807) is 43.7 Å². The van der Waals surface area contributed by atoms with Gasteiger partial charge in [0.05, 0.1) is 12.8 Å². The number of nitrogens with zero attached hydrogens (tertiary/aromatic N) is 4. The minimum atomic E-state index is -3.68. The third-order valence-electron chi connectivity index (χ3n) is 5.41. The van der Waals surface area contributed by atoms with Crippen LogP contribution in [-0.2, 0) is 10.0 Å². The van der Waals surface area contributed by atoms with Crippen molar-refractivity contribution in [3.8, 4) is 17.1 Å². The lowest BCUT2D eigenvalue weighted by molar-refractivity contribution is 0.310. The summed E-state index contributed by atoms with van der Waals surface area (Å²) < 4.78 is 33.5. The van der Waals surface area contributed by atoms with Crippen LogP contribution in [0.5, 0.6) is 5.75 Å². The van der Waals surface area contributed by atoms with Crippen molar-refractivity contribution in [1.29, 1.82) is 0 Å². The fraction of sp³-hybridized carbons (Fsp3) is 0.318. The number of aromatic nitrogens is 3. The van der Waals surface area contributed by atoms with Crippen LogP contribution in [0.3, 0.4) is 0 Å². The first-order valence-corrected chi connectivity index (χ1v) is 11.6. The lowest BCUT2D eigenvalue weighted by Crippen LogP contribution is -2.39. The van der Waals surface area contributed by atoms with Gasteiger partial charge in [0, 0.05) is 50.1 Å². The Hall–Kier alpha value is -3.04. The normalized spacial score (nSPS) is 17.3. The van der Waals surface area contributed by atoms with Crippen molar-refractivity contribution in [2.45, 2.75) is 23.7 Å². The van der Waals surface area contributed by atoms with Crippen molar-refractivity contribution in [3.63, 3.8) is 0 Å². The van der Waals surface area contributed by atoms with Gasteiger partial charge in [-0.25, -0.2) is 18.4 Å². The quantitative estimate of drug-likeness (QED) is 0.630. The molecule has 0 saturated carbocycles. The molecule has 1 N–H and O–H groups in total. The summed E-state index contributed by atoms with van der Waals surface area (Å²) in [5, 5.41) is 3.08. The van der Waals surface area contributed by atoms with E-state index < -0.39 is 10.0 Å². The van der Waals surface area contributed by atoms with Crippen molar-refractivity contribution in [2.75, 3.05) is 32.6 Å². The highest BCUT2D eigenvalue weighted by molar-refractivity contribution is 7.89. The smallest absolute Gasteiger partial charge is 0.246 e. The number of piperidine rings is 1. The first kappa shape index (κ1) is 21.2. The van der Waals surface area contributed by atoms with Crippen molar-refractivity contribution in [3.05, 3.63) is 60.6 Å². The molecule has 31 heavy (non-hydrogen) atoms. The van der Waals surface area contributed by atoms with E-state index in [-0.39, 0.29) is 10.8 Å². The van der Waals surface area contributed by atoms with E-state index in [1.165, 1.54) is 11.4 Å². The second-order valence-electron chi connectivity index (χ2n) is 7.35. The number of benzene rings is 1. The van der Waals surface area contributed by atoms with Crippen molar-refractivity contribution in [1.82, 2.24) is 19.3 Å². The van der Waals surface area contributed by atoms with Gasteiger partial charge >= 0.3 is 0 Å². The number of hydrogen-bond donors (Lipinski definition) is 1. The van der Waals surface area contributed by atoms with Gasteiger partial charge in [0.1, 0.15) is 16.5 Å². The SMILES string of the molecule is CNc1cc([C@H]2CCCN(S(=O)(=O)c3ccccc3OC)C2)nc(-c2cccnc2)n1. The zero-order chi connectivity index (χ0) is 21.8. The van der Waals surface area contributed by atoms with Crippen molar-refractivity contribution in [2.24, 2.45) is 0 Å². The van der Waals surface area contributed by atoms with E-state index in [9.17, 15) is 8.42 Å². The molecule has 2 aromatic heterocycles. The lowest BCUT2D eigenvalue weighted by Gasteiger charge is -2.32. The number of pyridine rings is 1. The maximum absolute atomic E-state index is 13.3. The molecule has 0 bridgehead atoms. The predicted octanol–water partition coefficient (Wildman–Crippen LogP) is 3.16. The number of anilines is 1. The molecule has 4 rings (SSSR count). The molecule has 9 heteroatoms. The van der Waals surface area contributed by atoms with Crippen LogP contribution in [0.25, 0.3) is 11.4 Å². The molecule has 1 saturated heterocycles. The van der Waals surface area contributed by atoms with Crippen LogP contribution in [0.2, 0.25) is 0 Å². The second-order valence-corrected chi connectivity index (χ2v) is 9.25. The molecule has 3 aromatic rings. The van der Waals surface area contributed by atoms with Crippen LogP contribution in [0, 0.1) is 0 Å². The van der Waals surface area contributed by atoms with Crippen molar-refractivity contribution >= 4 is 15.8 Å². The Morgan fingerprint density at radius 3 is 2.74 bits per heavy atom. The maximum atomic E-state index is 13.3. The summed E-state index contributed by atoms with van der Waals surface area (Å²) in [6.45, 7) is 0.823. The molecule has 1 atom stereocenters. The molecular formula is C22H25N5O3S. The van der Waals surface area contributed by atoms with Crippen LogP contribution in [0.15, 0.2) is 59.8 Å². The molecule has 0 unspecified atom stereocenters. The van der Waals surface area contributed by atoms with E-state index in [0.29, 0.717) is 30.5 Å². The lowest BCUT2D eigenvalue weighted by atomic mass is 9.95. The fourth-order valence-corrected chi connectivity index (χ4v) is 5.48. The van der Waals surface area contributed by atoms with Crippen LogP contribution in [-0.4, -0.2) is 54.9 Å². The fourth-order valence-electron chi connectivity index (χ4n) is 3.80. The maximum Gasteiger partial charge on any atom is 0.246 e. The number of rotatable bonds is 6.